The van der Waals surface area contributed by atoms with Crippen LogP contribution in [0.1, 0.15) is 24.0 Å². The number of fused-ring (bicyclic) bond motifs is 1. The molecule has 0 amide bonds. The topological polar surface area (TPSA) is 115 Å². The van der Waals surface area contributed by atoms with E-state index in [4.69, 9.17) is 24.4 Å². The highest BCUT2D eigenvalue weighted by molar-refractivity contribution is 5.78. The molecule has 2 aromatic carbocycles. The Hall–Kier alpha value is -3.53. The van der Waals surface area contributed by atoms with Crippen LogP contribution in [0.4, 0.5) is 11.4 Å². The molecule has 2 aliphatic heterocycles. The van der Waals surface area contributed by atoms with E-state index < -0.39 is 5.66 Å². The van der Waals surface area contributed by atoms with Crippen LogP contribution in [0.5, 0.6) is 11.5 Å². The molecule has 3 aromatic rings. The molecule has 0 spiro atoms. The van der Waals surface area contributed by atoms with Gasteiger partial charge >= 0.3 is 0 Å². The summed E-state index contributed by atoms with van der Waals surface area (Å²) in [5.41, 5.74) is 10.2. The monoisotopic (exact) mass is 491 g/mol. The number of nitrogens with two attached hydrogens (primary N) is 1. The second-order valence-electron chi connectivity index (χ2n) is 8.98. The maximum atomic E-state index is 7.15. The number of methoxy groups -OCH3 is 2. The Balaban J connectivity index is 1.59. The molecule has 1 unspecified atom stereocenters. The lowest BCUT2D eigenvalue weighted by Gasteiger charge is -2.36. The van der Waals surface area contributed by atoms with Gasteiger partial charge in [-0.2, -0.15) is 0 Å². The SMILES string of the molecule is COCCOc1cc2c(cc1NC1CCNCC1)C(N)(c1cc(-c3ccco3)ccc1OC)NC=N2. The minimum absolute atomic E-state index is 0.332. The number of benzene rings is 2. The van der Waals surface area contributed by atoms with Crippen molar-refractivity contribution < 1.29 is 18.6 Å². The van der Waals surface area contributed by atoms with Gasteiger partial charge in [-0.3, -0.25) is 0 Å². The normalized spacial score (nSPS) is 19.4. The number of furan rings is 1. The first-order valence-corrected chi connectivity index (χ1v) is 12.2. The van der Waals surface area contributed by atoms with Crippen molar-refractivity contribution in [3.63, 3.8) is 0 Å². The first-order valence-electron chi connectivity index (χ1n) is 12.2. The number of nitrogens with zero attached hydrogens (tertiary/aromatic N) is 1. The lowest BCUT2D eigenvalue weighted by atomic mass is 9.87. The minimum Gasteiger partial charge on any atom is -0.496 e. The molecule has 2 aliphatic rings. The molecule has 9 nitrogen and oxygen atoms in total. The Morgan fingerprint density at radius 2 is 1.94 bits per heavy atom. The van der Waals surface area contributed by atoms with E-state index in [0.29, 0.717) is 25.0 Å². The van der Waals surface area contributed by atoms with E-state index in [2.05, 4.69) is 20.9 Å². The number of ether oxygens (including phenoxy) is 3. The van der Waals surface area contributed by atoms with Crippen molar-refractivity contribution in [3.8, 4) is 22.8 Å². The summed E-state index contributed by atoms with van der Waals surface area (Å²) in [5, 5.41) is 10.4. The van der Waals surface area contributed by atoms with Gasteiger partial charge in [0.1, 0.15) is 29.5 Å². The van der Waals surface area contributed by atoms with Gasteiger partial charge in [0.05, 0.1) is 37.7 Å². The van der Waals surface area contributed by atoms with E-state index >= 15 is 0 Å². The molecule has 0 radical (unpaired) electrons. The summed E-state index contributed by atoms with van der Waals surface area (Å²) in [5.74, 6) is 2.14. The van der Waals surface area contributed by atoms with Crippen LogP contribution in [0.15, 0.2) is 58.1 Å². The average Bonchev–Trinajstić information content (AvgIpc) is 3.45. The minimum atomic E-state index is -1.10. The molecule has 0 bridgehead atoms. The molecule has 1 aromatic heterocycles. The maximum Gasteiger partial charge on any atom is 0.145 e. The van der Waals surface area contributed by atoms with Gasteiger partial charge in [0.2, 0.25) is 0 Å². The third-order valence-electron chi connectivity index (χ3n) is 6.69. The second kappa shape index (κ2) is 10.6. The first-order chi connectivity index (χ1) is 17.6. The fraction of sp³-hybridized carbons (Fsp3) is 0.370. The Labute approximate surface area is 211 Å². The van der Waals surface area contributed by atoms with Crippen molar-refractivity contribution in [1.82, 2.24) is 10.6 Å². The van der Waals surface area contributed by atoms with Crippen LogP contribution >= 0.6 is 0 Å². The Morgan fingerprint density at radius 3 is 2.69 bits per heavy atom. The molecule has 0 aliphatic carbocycles. The van der Waals surface area contributed by atoms with Gasteiger partial charge in [-0.05, 0) is 62.3 Å². The largest absolute Gasteiger partial charge is 0.496 e. The third kappa shape index (κ3) is 4.77. The number of piperidine rings is 1. The van der Waals surface area contributed by atoms with Crippen LogP contribution in [0.2, 0.25) is 0 Å². The summed E-state index contributed by atoms with van der Waals surface area (Å²) in [4.78, 5) is 4.59. The zero-order chi connectivity index (χ0) is 25.0. The first kappa shape index (κ1) is 24.2. The fourth-order valence-electron chi connectivity index (χ4n) is 4.76. The Bertz CT molecular complexity index is 1210. The van der Waals surface area contributed by atoms with Crippen LogP contribution in [0.3, 0.4) is 0 Å². The number of nitrogens with one attached hydrogen (secondary N) is 3. The predicted octanol–water partition coefficient (Wildman–Crippen LogP) is 3.57. The third-order valence-corrected chi connectivity index (χ3v) is 6.69. The van der Waals surface area contributed by atoms with E-state index in [0.717, 1.165) is 65.5 Å². The van der Waals surface area contributed by atoms with Crippen molar-refractivity contribution in [3.05, 3.63) is 59.9 Å². The smallest absolute Gasteiger partial charge is 0.145 e. The zero-order valence-electron chi connectivity index (χ0n) is 20.7. The van der Waals surface area contributed by atoms with Crippen LogP contribution in [0, 0.1) is 0 Å². The van der Waals surface area contributed by atoms with Crippen molar-refractivity contribution in [2.24, 2.45) is 10.7 Å². The van der Waals surface area contributed by atoms with Gasteiger partial charge in [-0.15, -0.1) is 0 Å². The number of anilines is 1. The number of rotatable bonds is 9. The van der Waals surface area contributed by atoms with Crippen molar-refractivity contribution in [2.75, 3.05) is 45.8 Å². The summed E-state index contributed by atoms with van der Waals surface area (Å²) in [6, 6.07) is 14.0. The second-order valence-corrected chi connectivity index (χ2v) is 8.98. The molecule has 1 atom stereocenters. The highest BCUT2D eigenvalue weighted by Crippen LogP contribution is 2.44. The number of hydrogen-bond donors (Lipinski definition) is 4. The van der Waals surface area contributed by atoms with Crippen LogP contribution in [-0.2, 0) is 10.4 Å². The lowest BCUT2D eigenvalue weighted by Crippen LogP contribution is -2.52. The van der Waals surface area contributed by atoms with Gasteiger partial charge in [0.25, 0.3) is 0 Å². The van der Waals surface area contributed by atoms with E-state index in [1.807, 2.05) is 42.5 Å². The maximum absolute atomic E-state index is 7.15. The molecule has 1 fully saturated rings. The van der Waals surface area contributed by atoms with Gasteiger partial charge in [0.15, 0.2) is 0 Å². The molecular formula is C27H33N5O4. The van der Waals surface area contributed by atoms with E-state index in [1.165, 1.54) is 0 Å². The number of aliphatic imine (C=N–C) groups is 1. The molecule has 3 heterocycles. The zero-order valence-corrected chi connectivity index (χ0v) is 20.7. The Morgan fingerprint density at radius 1 is 1.08 bits per heavy atom. The summed E-state index contributed by atoms with van der Waals surface area (Å²) in [6.07, 6.45) is 5.33. The summed E-state index contributed by atoms with van der Waals surface area (Å²) in [6.45, 7) is 2.88. The van der Waals surface area contributed by atoms with Crippen LogP contribution in [0.25, 0.3) is 11.3 Å². The van der Waals surface area contributed by atoms with E-state index in [9.17, 15) is 0 Å². The van der Waals surface area contributed by atoms with Crippen molar-refractivity contribution in [1.29, 1.82) is 0 Å². The highest BCUT2D eigenvalue weighted by atomic mass is 16.5. The molecule has 9 heteroatoms. The van der Waals surface area contributed by atoms with Gasteiger partial charge in [0, 0.05) is 35.9 Å². The summed E-state index contributed by atoms with van der Waals surface area (Å²) < 4.78 is 22.7. The molecule has 1 saturated heterocycles. The van der Waals surface area contributed by atoms with Crippen LogP contribution in [-0.4, -0.2) is 52.9 Å². The standard InChI is InChI=1S/C27H33N5O4/c1-33-12-13-36-26-16-22-20(15-23(26)32-19-7-9-29-10-8-19)27(28,31-17-30-22)21-14-18(5-6-25(21)34-2)24-4-3-11-35-24/h3-6,11,14-17,19,29,32H,7-10,12-13,28H2,1-2H3,(H,30,31). The Kier molecular flexibility index (Phi) is 7.13. The van der Waals surface area contributed by atoms with Crippen LogP contribution < -0.4 is 31.2 Å². The van der Waals surface area contributed by atoms with Gasteiger partial charge < -0.3 is 40.3 Å². The van der Waals surface area contributed by atoms with Crippen molar-refractivity contribution in [2.45, 2.75) is 24.5 Å². The predicted molar refractivity (Wildman–Crippen MR) is 140 cm³/mol. The molecule has 5 rings (SSSR count). The lowest BCUT2D eigenvalue weighted by molar-refractivity contribution is 0.146. The highest BCUT2D eigenvalue weighted by Gasteiger charge is 2.37. The summed E-state index contributed by atoms with van der Waals surface area (Å²) >= 11 is 0. The molecule has 36 heavy (non-hydrogen) atoms. The molecule has 190 valence electrons. The number of hydrogen-bond acceptors (Lipinski definition) is 9. The quantitative estimate of drug-likeness (QED) is 0.336. The molecular weight excluding hydrogens is 458 g/mol. The van der Waals surface area contributed by atoms with Gasteiger partial charge in [-0.1, -0.05) is 0 Å². The molecule has 0 saturated carbocycles. The van der Waals surface area contributed by atoms with Gasteiger partial charge in [-0.25, -0.2) is 4.99 Å². The summed E-state index contributed by atoms with van der Waals surface area (Å²) in [7, 11) is 3.30. The molecule has 5 N–H and O–H groups in total. The van der Waals surface area contributed by atoms with Crippen molar-refractivity contribution >= 4 is 17.7 Å². The fourth-order valence-corrected chi connectivity index (χ4v) is 4.76. The van der Waals surface area contributed by atoms with E-state index in [1.54, 1.807) is 26.8 Å². The average molecular weight is 492 g/mol. The van der Waals surface area contributed by atoms with E-state index in [-0.39, 0.29) is 0 Å².